The summed E-state index contributed by atoms with van der Waals surface area (Å²) < 4.78 is 24.0. The van der Waals surface area contributed by atoms with E-state index in [1.54, 1.807) is 0 Å². The van der Waals surface area contributed by atoms with Crippen LogP contribution in [0.1, 0.15) is 45.4 Å². The standard InChI is InChI=1S/C21H31FN2O12/c1-10(25)23-15-17(31)19(22)21(34,20(32)33)36-18(15)16(30)11(26)9-35-14(29)5-3-2-4-8-24-12(27)6-7-13(24)28/h11,15-19,26,30-31,34H,2-9H2,1H3,(H,23,25)(H,32,33)/t11-,15-,16-,17-,18-,19?,21?/m1/s1. The number of amides is 3. The number of unbranched alkanes of at least 4 members (excludes halogenated alkanes) is 2. The van der Waals surface area contributed by atoms with Crippen molar-refractivity contribution >= 4 is 29.7 Å². The number of hydrogen-bond acceptors (Lipinski definition) is 11. The average molecular weight is 522 g/mol. The van der Waals surface area contributed by atoms with Gasteiger partial charge in [-0.05, 0) is 12.8 Å². The van der Waals surface area contributed by atoms with E-state index >= 15 is 0 Å². The molecule has 0 aliphatic carbocycles. The molecule has 0 aromatic rings. The second kappa shape index (κ2) is 12.5. The molecule has 2 saturated heterocycles. The highest BCUT2D eigenvalue weighted by Crippen LogP contribution is 2.33. The second-order valence-electron chi connectivity index (χ2n) is 8.69. The van der Waals surface area contributed by atoms with Crippen LogP contribution in [0, 0.1) is 0 Å². The summed E-state index contributed by atoms with van der Waals surface area (Å²) in [6.45, 7) is 0.438. The van der Waals surface area contributed by atoms with Crippen molar-refractivity contribution in [1.29, 1.82) is 0 Å². The number of nitrogens with zero attached hydrogens (tertiary/aromatic N) is 1. The number of aliphatic hydroxyl groups excluding tert-OH is 3. The summed E-state index contributed by atoms with van der Waals surface area (Å²) in [5.41, 5.74) is 0. The first kappa shape index (κ1) is 29.5. The quantitative estimate of drug-likeness (QED) is 0.0878. The minimum Gasteiger partial charge on any atom is -0.477 e. The van der Waals surface area contributed by atoms with Crippen LogP contribution in [0.15, 0.2) is 0 Å². The maximum absolute atomic E-state index is 14.4. The molecule has 2 aliphatic rings. The Kier molecular flexibility index (Phi) is 10.2. The van der Waals surface area contributed by atoms with Gasteiger partial charge in [-0.1, -0.05) is 6.42 Å². The minimum absolute atomic E-state index is 0.0832. The van der Waals surface area contributed by atoms with Crippen molar-refractivity contribution in [3.63, 3.8) is 0 Å². The first-order chi connectivity index (χ1) is 16.8. The van der Waals surface area contributed by atoms with Crippen molar-refractivity contribution in [2.24, 2.45) is 0 Å². The molecule has 6 N–H and O–H groups in total. The van der Waals surface area contributed by atoms with Crippen molar-refractivity contribution in [2.45, 2.75) is 87.9 Å². The fourth-order valence-corrected chi connectivity index (χ4v) is 3.96. The lowest BCUT2D eigenvalue weighted by atomic mass is 9.87. The number of aliphatic hydroxyl groups is 4. The number of aliphatic carboxylic acids is 1. The van der Waals surface area contributed by atoms with Crippen LogP contribution in [0.3, 0.4) is 0 Å². The van der Waals surface area contributed by atoms with E-state index < -0.39 is 66.9 Å². The van der Waals surface area contributed by atoms with Gasteiger partial charge < -0.3 is 40.3 Å². The number of imide groups is 1. The molecule has 14 nitrogen and oxygen atoms in total. The molecule has 36 heavy (non-hydrogen) atoms. The molecule has 2 heterocycles. The number of carboxylic acid groups (broad SMARTS) is 1. The number of ether oxygens (including phenoxy) is 2. The molecule has 2 unspecified atom stereocenters. The molecule has 0 spiro atoms. The first-order valence-corrected chi connectivity index (χ1v) is 11.4. The topological polar surface area (TPSA) is 220 Å². The number of carbonyl (C=O) groups excluding carboxylic acids is 4. The smallest absolute Gasteiger partial charge is 0.367 e. The summed E-state index contributed by atoms with van der Waals surface area (Å²) in [6.07, 6.45) is -9.65. The lowest BCUT2D eigenvalue weighted by molar-refractivity contribution is -0.320. The Morgan fingerprint density at radius 2 is 1.81 bits per heavy atom. The first-order valence-electron chi connectivity index (χ1n) is 11.4. The highest BCUT2D eigenvalue weighted by atomic mass is 19.1. The van der Waals surface area contributed by atoms with Gasteiger partial charge in [-0.25, -0.2) is 9.18 Å². The molecule has 0 radical (unpaired) electrons. The molecule has 7 atom stereocenters. The number of alkyl halides is 1. The molecule has 2 rings (SSSR count). The maximum Gasteiger partial charge on any atom is 0.367 e. The zero-order valence-corrected chi connectivity index (χ0v) is 19.5. The van der Waals surface area contributed by atoms with Gasteiger partial charge in [-0.2, -0.15) is 0 Å². The van der Waals surface area contributed by atoms with Gasteiger partial charge in [0.05, 0.1) is 6.04 Å². The largest absolute Gasteiger partial charge is 0.477 e. The van der Waals surface area contributed by atoms with Crippen molar-refractivity contribution < 1.29 is 63.4 Å². The number of halogens is 1. The highest BCUT2D eigenvalue weighted by Gasteiger charge is 2.61. The predicted molar refractivity (Wildman–Crippen MR) is 113 cm³/mol. The van der Waals surface area contributed by atoms with E-state index in [0.717, 1.165) is 6.92 Å². The van der Waals surface area contributed by atoms with E-state index in [-0.39, 0.29) is 37.6 Å². The van der Waals surface area contributed by atoms with Crippen LogP contribution >= 0.6 is 0 Å². The van der Waals surface area contributed by atoms with E-state index in [9.17, 15) is 48.8 Å². The van der Waals surface area contributed by atoms with Crippen molar-refractivity contribution in [2.75, 3.05) is 13.2 Å². The average Bonchev–Trinajstić information content (AvgIpc) is 3.13. The number of likely N-dealkylation sites (tertiary alicyclic amines) is 1. The highest BCUT2D eigenvalue weighted by molar-refractivity contribution is 6.01. The Hall–Kier alpha value is -2.72. The molecule has 0 bridgehead atoms. The van der Waals surface area contributed by atoms with Gasteiger partial charge in [0.25, 0.3) is 0 Å². The Labute approximate surface area is 205 Å². The van der Waals surface area contributed by atoms with Crippen LogP contribution in [0.5, 0.6) is 0 Å². The van der Waals surface area contributed by atoms with Crippen LogP contribution < -0.4 is 5.32 Å². The van der Waals surface area contributed by atoms with Gasteiger partial charge in [0, 0.05) is 32.7 Å². The molecular formula is C21H31FN2O12. The Morgan fingerprint density at radius 1 is 1.19 bits per heavy atom. The molecule has 0 saturated carbocycles. The normalized spacial score (nSPS) is 30.1. The number of esters is 1. The predicted octanol–water partition coefficient (Wildman–Crippen LogP) is -2.66. The molecule has 15 heteroatoms. The van der Waals surface area contributed by atoms with E-state index in [4.69, 9.17) is 14.6 Å². The summed E-state index contributed by atoms with van der Waals surface area (Å²) >= 11 is 0. The fourth-order valence-electron chi connectivity index (χ4n) is 3.96. The van der Waals surface area contributed by atoms with Crippen molar-refractivity contribution in [1.82, 2.24) is 10.2 Å². The van der Waals surface area contributed by atoms with Crippen LogP contribution in [-0.2, 0) is 33.4 Å². The molecule has 2 aliphatic heterocycles. The zero-order valence-electron chi connectivity index (χ0n) is 19.5. The Morgan fingerprint density at radius 3 is 2.36 bits per heavy atom. The SMILES string of the molecule is CC(=O)N[C@H]1[C@H]([C@H](O)[C@H](O)COC(=O)CCCCCN2C(=O)CCC2=O)OC(O)(C(=O)O)C(F)[C@@H]1O. The third kappa shape index (κ3) is 6.94. The minimum atomic E-state index is -3.58. The third-order valence-corrected chi connectivity index (χ3v) is 5.95. The number of carbonyl (C=O) groups is 5. The molecule has 0 aromatic heterocycles. The van der Waals surface area contributed by atoms with E-state index in [1.807, 2.05) is 0 Å². The maximum atomic E-state index is 14.4. The lowest BCUT2D eigenvalue weighted by Gasteiger charge is -2.46. The van der Waals surface area contributed by atoms with Gasteiger partial charge in [0.2, 0.25) is 17.7 Å². The van der Waals surface area contributed by atoms with Crippen LogP contribution in [0.4, 0.5) is 4.39 Å². The van der Waals surface area contributed by atoms with E-state index in [1.165, 1.54) is 4.90 Å². The summed E-state index contributed by atoms with van der Waals surface area (Å²) in [5, 5.41) is 52.0. The van der Waals surface area contributed by atoms with Crippen molar-refractivity contribution in [3.8, 4) is 0 Å². The summed E-state index contributed by atoms with van der Waals surface area (Å²) in [5.74, 6) is -7.83. The molecular weight excluding hydrogens is 491 g/mol. The lowest BCUT2D eigenvalue weighted by Crippen LogP contribution is -2.72. The van der Waals surface area contributed by atoms with Crippen molar-refractivity contribution in [3.05, 3.63) is 0 Å². The molecule has 3 amide bonds. The monoisotopic (exact) mass is 522 g/mol. The third-order valence-electron chi connectivity index (χ3n) is 5.95. The van der Waals surface area contributed by atoms with Crippen LogP contribution in [-0.4, -0.2) is 116 Å². The zero-order chi connectivity index (χ0) is 27.2. The number of carboxylic acids is 1. The fraction of sp³-hybridized carbons (Fsp3) is 0.762. The van der Waals surface area contributed by atoms with Gasteiger partial charge in [0.1, 0.15) is 31.0 Å². The van der Waals surface area contributed by atoms with Crippen LogP contribution in [0.2, 0.25) is 0 Å². The van der Waals surface area contributed by atoms with E-state index in [2.05, 4.69) is 5.32 Å². The summed E-state index contributed by atoms with van der Waals surface area (Å²) in [7, 11) is 0. The van der Waals surface area contributed by atoms with Gasteiger partial charge in [-0.15, -0.1) is 0 Å². The van der Waals surface area contributed by atoms with Crippen LogP contribution in [0.25, 0.3) is 0 Å². The summed E-state index contributed by atoms with van der Waals surface area (Å²) in [6, 6.07) is -1.76. The number of nitrogens with one attached hydrogen (secondary N) is 1. The van der Waals surface area contributed by atoms with Gasteiger partial charge >= 0.3 is 17.7 Å². The summed E-state index contributed by atoms with van der Waals surface area (Å²) in [4.78, 5) is 58.9. The Bertz CT molecular complexity index is 841. The van der Waals surface area contributed by atoms with E-state index in [0.29, 0.717) is 19.3 Å². The van der Waals surface area contributed by atoms with Gasteiger partial charge in [0.15, 0.2) is 6.17 Å². The number of hydrogen-bond donors (Lipinski definition) is 6. The molecule has 0 aromatic carbocycles. The second-order valence-corrected chi connectivity index (χ2v) is 8.69. The Balaban J connectivity index is 1.86. The van der Waals surface area contributed by atoms with Gasteiger partial charge in [-0.3, -0.25) is 24.1 Å². The number of rotatable bonds is 12. The molecule has 204 valence electrons. The molecule has 2 fully saturated rings.